The largest absolute Gasteiger partial charge is 0.506 e. The molecule has 0 heterocycles. The van der Waals surface area contributed by atoms with E-state index in [1.165, 1.54) is 19.2 Å². The van der Waals surface area contributed by atoms with Crippen LogP contribution in [-0.2, 0) is 6.54 Å². The van der Waals surface area contributed by atoms with Crippen LogP contribution in [0.25, 0.3) is 0 Å². The van der Waals surface area contributed by atoms with E-state index >= 15 is 0 Å². The average Bonchev–Trinajstić information content (AvgIpc) is 2.48. The summed E-state index contributed by atoms with van der Waals surface area (Å²) in [5.41, 5.74) is 1.01. The Balaban J connectivity index is 2.19. The third kappa shape index (κ3) is 3.35. The molecule has 0 fully saturated rings. The molecule has 0 radical (unpaired) electrons. The molecule has 2 aromatic carbocycles. The van der Waals surface area contributed by atoms with Crippen molar-refractivity contribution < 1.29 is 14.8 Å². The number of phenols is 1. The lowest BCUT2D eigenvalue weighted by Crippen LogP contribution is -2.01. The number of hydrogen-bond acceptors (Lipinski definition) is 5. The van der Waals surface area contributed by atoms with Crippen LogP contribution in [0.15, 0.2) is 36.4 Å². The number of nitrogens with one attached hydrogen (secondary N) is 1. The van der Waals surface area contributed by atoms with E-state index in [1.54, 1.807) is 24.3 Å². The Hall–Kier alpha value is -2.47. The van der Waals surface area contributed by atoms with E-state index in [0.29, 0.717) is 11.3 Å². The Morgan fingerprint density at radius 3 is 2.81 bits per heavy atom. The number of nitrogens with zero attached hydrogens (tertiary/aromatic N) is 1. The van der Waals surface area contributed by atoms with Crippen molar-refractivity contribution in [2.24, 2.45) is 0 Å². The van der Waals surface area contributed by atoms with Crippen LogP contribution in [-0.4, -0.2) is 17.1 Å². The predicted molar refractivity (Wildman–Crippen MR) is 80.1 cm³/mol. The van der Waals surface area contributed by atoms with E-state index in [-0.39, 0.29) is 28.8 Å². The summed E-state index contributed by atoms with van der Waals surface area (Å²) in [6.45, 7) is 0.288. The van der Waals surface area contributed by atoms with Crippen LogP contribution in [0, 0.1) is 10.1 Å². The SMILES string of the molecule is COc1ccc(NCc2cccc(Cl)c2O)cc1[N+](=O)[O-]. The molecule has 0 unspecified atom stereocenters. The molecule has 0 aliphatic rings. The van der Waals surface area contributed by atoms with Gasteiger partial charge in [0.15, 0.2) is 5.75 Å². The van der Waals surface area contributed by atoms with Crippen LogP contribution < -0.4 is 10.1 Å². The maximum Gasteiger partial charge on any atom is 0.312 e. The van der Waals surface area contributed by atoms with Gasteiger partial charge < -0.3 is 15.2 Å². The number of anilines is 1. The van der Waals surface area contributed by atoms with Crippen molar-refractivity contribution in [1.82, 2.24) is 0 Å². The summed E-state index contributed by atoms with van der Waals surface area (Å²) in [4.78, 5) is 10.4. The molecule has 6 nitrogen and oxygen atoms in total. The normalized spacial score (nSPS) is 10.2. The van der Waals surface area contributed by atoms with Crippen molar-refractivity contribution in [1.29, 1.82) is 0 Å². The van der Waals surface area contributed by atoms with Crippen molar-refractivity contribution in [3.05, 3.63) is 57.1 Å². The first-order chi connectivity index (χ1) is 10.0. The molecule has 0 bridgehead atoms. The van der Waals surface area contributed by atoms with Gasteiger partial charge in [-0.25, -0.2) is 0 Å². The highest BCUT2D eigenvalue weighted by molar-refractivity contribution is 6.32. The molecule has 0 aliphatic heterocycles. The molecular weight excluding hydrogens is 296 g/mol. The maximum absolute atomic E-state index is 10.9. The number of ether oxygens (including phenoxy) is 1. The van der Waals surface area contributed by atoms with Gasteiger partial charge >= 0.3 is 5.69 Å². The molecule has 0 saturated heterocycles. The summed E-state index contributed by atoms with van der Waals surface area (Å²) in [5, 5.41) is 24.0. The second kappa shape index (κ2) is 6.32. The second-order valence-corrected chi connectivity index (χ2v) is 4.65. The zero-order chi connectivity index (χ0) is 15.4. The summed E-state index contributed by atoms with van der Waals surface area (Å²) in [6.07, 6.45) is 0. The summed E-state index contributed by atoms with van der Waals surface area (Å²) in [7, 11) is 1.37. The van der Waals surface area contributed by atoms with Crippen LogP contribution in [0.4, 0.5) is 11.4 Å². The van der Waals surface area contributed by atoms with Crippen molar-refractivity contribution in [2.45, 2.75) is 6.54 Å². The van der Waals surface area contributed by atoms with Gasteiger partial charge in [-0.05, 0) is 18.2 Å². The number of nitro benzene ring substituents is 1. The van der Waals surface area contributed by atoms with E-state index in [9.17, 15) is 15.2 Å². The Morgan fingerprint density at radius 2 is 2.14 bits per heavy atom. The van der Waals surface area contributed by atoms with E-state index in [2.05, 4.69) is 5.32 Å². The Bertz CT molecular complexity index is 676. The van der Waals surface area contributed by atoms with E-state index in [0.717, 1.165) is 0 Å². The minimum absolute atomic E-state index is 0.00493. The van der Waals surface area contributed by atoms with Gasteiger partial charge in [0.25, 0.3) is 0 Å². The quantitative estimate of drug-likeness (QED) is 0.651. The van der Waals surface area contributed by atoms with Crippen molar-refractivity contribution in [3.63, 3.8) is 0 Å². The number of hydrogen-bond donors (Lipinski definition) is 2. The summed E-state index contributed by atoms with van der Waals surface area (Å²) in [5.74, 6) is 0.186. The van der Waals surface area contributed by atoms with Gasteiger partial charge in [0.05, 0.1) is 17.1 Å². The number of nitro groups is 1. The number of halogens is 1. The lowest BCUT2D eigenvalue weighted by molar-refractivity contribution is -0.385. The zero-order valence-electron chi connectivity index (χ0n) is 11.2. The molecule has 21 heavy (non-hydrogen) atoms. The fourth-order valence-electron chi connectivity index (χ4n) is 1.84. The topological polar surface area (TPSA) is 84.6 Å². The molecule has 0 spiro atoms. The third-order valence-electron chi connectivity index (χ3n) is 2.93. The molecular formula is C14H13ClN2O4. The van der Waals surface area contributed by atoms with Gasteiger partial charge in [0.1, 0.15) is 5.75 Å². The van der Waals surface area contributed by atoms with Gasteiger partial charge in [-0.15, -0.1) is 0 Å². The Kier molecular flexibility index (Phi) is 4.49. The van der Waals surface area contributed by atoms with Crippen LogP contribution in [0.1, 0.15) is 5.56 Å². The second-order valence-electron chi connectivity index (χ2n) is 4.24. The maximum atomic E-state index is 10.9. The summed E-state index contributed by atoms with van der Waals surface area (Å²) >= 11 is 5.82. The first-order valence-corrected chi connectivity index (χ1v) is 6.43. The van der Waals surface area contributed by atoms with Crippen LogP contribution in [0.2, 0.25) is 5.02 Å². The van der Waals surface area contributed by atoms with Gasteiger partial charge in [-0.2, -0.15) is 0 Å². The molecule has 2 rings (SSSR count). The molecule has 0 aliphatic carbocycles. The Morgan fingerprint density at radius 1 is 1.38 bits per heavy atom. The number of aromatic hydroxyl groups is 1. The van der Waals surface area contributed by atoms with Gasteiger partial charge in [0.2, 0.25) is 0 Å². The summed E-state index contributed by atoms with van der Waals surface area (Å²) in [6, 6.07) is 9.56. The molecule has 2 aromatic rings. The molecule has 0 amide bonds. The highest BCUT2D eigenvalue weighted by Gasteiger charge is 2.15. The zero-order valence-corrected chi connectivity index (χ0v) is 11.9. The third-order valence-corrected chi connectivity index (χ3v) is 3.23. The lowest BCUT2D eigenvalue weighted by Gasteiger charge is -2.10. The minimum Gasteiger partial charge on any atom is -0.506 e. The predicted octanol–water partition coefficient (Wildman–Crippen LogP) is 3.57. The summed E-state index contributed by atoms with van der Waals surface area (Å²) < 4.78 is 4.93. The van der Waals surface area contributed by atoms with E-state index < -0.39 is 4.92 Å². The number of methoxy groups -OCH3 is 1. The van der Waals surface area contributed by atoms with Crippen LogP contribution in [0.5, 0.6) is 11.5 Å². The van der Waals surface area contributed by atoms with Gasteiger partial charge in [0, 0.05) is 23.9 Å². The fourth-order valence-corrected chi connectivity index (χ4v) is 2.04. The first-order valence-electron chi connectivity index (χ1n) is 6.05. The number of benzene rings is 2. The smallest absolute Gasteiger partial charge is 0.312 e. The molecule has 7 heteroatoms. The fraction of sp³-hybridized carbons (Fsp3) is 0.143. The van der Waals surface area contributed by atoms with Crippen molar-refractivity contribution in [2.75, 3.05) is 12.4 Å². The lowest BCUT2D eigenvalue weighted by atomic mass is 10.2. The average molecular weight is 309 g/mol. The minimum atomic E-state index is -0.513. The number of rotatable bonds is 5. The number of phenolic OH excluding ortho intramolecular Hbond substituents is 1. The molecule has 0 saturated carbocycles. The van der Waals surface area contributed by atoms with Gasteiger partial charge in [-0.1, -0.05) is 23.7 Å². The van der Waals surface area contributed by atoms with Gasteiger partial charge in [-0.3, -0.25) is 10.1 Å². The van der Waals surface area contributed by atoms with Crippen LogP contribution >= 0.6 is 11.6 Å². The highest BCUT2D eigenvalue weighted by atomic mass is 35.5. The molecule has 0 atom stereocenters. The van der Waals surface area contributed by atoms with E-state index in [1.807, 2.05) is 0 Å². The molecule has 2 N–H and O–H groups in total. The first kappa shape index (κ1) is 14.9. The molecule has 110 valence electrons. The Labute approximate surface area is 126 Å². The van der Waals surface area contributed by atoms with Crippen LogP contribution in [0.3, 0.4) is 0 Å². The standard InChI is InChI=1S/C14H13ClN2O4/c1-21-13-6-5-10(7-12(13)17(19)20)16-8-9-3-2-4-11(15)14(9)18/h2-7,16,18H,8H2,1H3. The monoisotopic (exact) mass is 308 g/mol. The van der Waals surface area contributed by atoms with E-state index in [4.69, 9.17) is 16.3 Å². The highest BCUT2D eigenvalue weighted by Crippen LogP contribution is 2.31. The van der Waals surface area contributed by atoms with Crippen molar-refractivity contribution >= 4 is 23.0 Å². The van der Waals surface area contributed by atoms with Crippen molar-refractivity contribution in [3.8, 4) is 11.5 Å². The number of para-hydroxylation sites is 1. The molecule has 0 aromatic heterocycles.